The van der Waals surface area contributed by atoms with Crippen molar-refractivity contribution in [2.24, 2.45) is 0 Å². The molecule has 23 heavy (non-hydrogen) atoms. The van der Waals surface area contributed by atoms with Crippen LogP contribution < -0.4 is 5.32 Å². The quantitative estimate of drug-likeness (QED) is 0.741. The first-order valence-corrected chi connectivity index (χ1v) is 8.78. The van der Waals surface area contributed by atoms with E-state index in [1.807, 2.05) is 23.8 Å². The Morgan fingerprint density at radius 1 is 1.48 bits per heavy atom. The minimum absolute atomic E-state index is 0.121. The van der Waals surface area contributed by atoms with Crippen LogP contribution in [0.4, 0.5) is 0 Å². The van der Waals surface area contributed by atoms with Crippen molar-refractivity contribution in [3.63, 3.8) is 0 Å². The zero-order chi connectivity index (χ0) is 16.4. The summed E-state index contributed by atoms with van der Waals surface area (Å²) in [6.07, 6.45) is 1.57. The van der Waals surface area contributed by atoms with Crippen LogP contribution in [0.15, 0.2) is 39.6 Å². The highest BCUT2D eigenvalue weighted by Crippen LogP contribution is 2.28. The summed E-state index contributed by atoms with van der Waals surface area (Å²) >= 11 is 2.91. The number of carbonyl (C=O) groups excluding carboxylic acids is 1. The van der Waals surface area contributed by atoms with E-state index in [1.165, 1.54) is 22.7 Å². The summed E-state index contributed by atoms with van der Waals surface area (Å²) in [6, 6.07) is 5.44. The van der Waals surface area contributed by atoms with Crippen molar-refractivity contribution in [3.8, 4) is 10.8 Å². The molecule has 2 N–H and O–H groups in total. The van der Waals surface area contributed by atoms with E-state index in [2.05, 4.69) is 10.3 Å². The Labute approximate surface area is 141 Å². The number of aliphatic hydroxyl groups is 1. The minimum Gasteiger partial charge on any atom is -0.462 e. The normalized spacial score (nSPS) is 13.7. The van der Waals surface area contributed by atoms with Crippen LogP contribution >= 0.6 is 22.7 Å². The molecule has 1 unspecified atom stereocenters. The third-order valence-electron chi connectivity index (χ3n) is 3.48. The Balaban J connectivity index is 1.72. The number of carbonyl (C=O) groups is 1. The van der Waals surface area contributed by atoms with Crippen LogP contribution in [-0.2, 0) is 5.60 Å². The molecule has 0 aliphatic rings. The molecule has 0 aromatic carbocycles. The van der Waals surface area contributed by atoms with Gasteiger partial charge in [-0.1, -0.05) is 0 Å². The molecule has 0 bridgehead atoms. The Kier molecular flexibility index (Phi) is 4.34. The second-order valence-corrected chi connectivity index (χ2v) is 7.35. The second kappa shape index (κ2) is 6.27. The molecular weight excluding hydrogens is 332 g/mol. The van der Waals surface area contributed by atoms with Gasteiger partial charge in [-0.3, -0.25) is 4.79 Å². The number of nitrogens with zero attached hydrogens (tertiary/aromatic N) is 1. The van der Waals surface area contributed by atoms with E-state index >= 15 is 0 Å². The molecule has 0 saturated heterocycles. The number of thiophene rings is 1. The smallest absolute Gasteiger partial charge is 0.271 e. The number of furan rings is 1. The lowest BCUT2D eigenvalue weighted by Crippen LogP contribution is -2.38. The zero-order valence-corrected chi connectivity index (χ0v) is 14.3. The number of aryl methyl sites for hydroxylation is 1. The summed E-state index contributed by atoms with van der Waals surface area (Å²) in [5.41, 5.74) is 0.0419. The third kappa shape index (κ3) is 3.36. The van der Waals surface area contributed by atoms with E-state index in [0.29, 0.717) is 16.5 Å². The molecule has 5 nitrogen and oxygen atoms in total. The molecule has 3 aromatic rings. The van der Waals surface area contributed by atoms with Crippen LogP contribution in [0.3, 0.4) is 0 Å². The molecule has 0 aliphatic carbocycles. The maximum atomic E-state index is 12.4. The largest absolute Gasteiger partial charge is 0.462 e. The Morgan fingerprint density at radius 2 is 2.30 bits per heavy atom. The molecule has 7 heteroatoms. The highest BCUT2D eigenvalue weighted by molar-refractivity contribution is 7.15. The fraction of sp³-hybridized carbons (Fsp3) is 0.250. The predicted octanol–water partition coefficient (Wildman–Crippen LogP) is 3.41. The molecule has 3 rings (SSSR count). The van der Waals surface area contributed by atoms with Gasteiger partial charge in [-0.15, -0.1) is 11.3 Å². The van der Waals surface area contributed by atoms with Crippen LogP contribution in [0.5, 0.6) is 0 Å². The molecule has 0 saturated carbocycles. The summed E-state index contributed by atoms with van der Waals surface area (Å²) in [4.78, 5) is 17.5. The van der Waals surface area contributed by atoms with Crippen molar-refractivity contribution in [1.82, 2.24) is 10.3 Å². The van der Waals surface area contributed by atoms with Gasteiger partial charge in [-0.2, -0.15) is 11.3 Å². The standard InChI is InChI=1S/C16H16N2O3S2/c1-10-13(18-15(23-10)12-4-3-6-21-12)14(19)17-9-16(2,20)11-5-7-22-8-11/h3-8,20H,9H2,1-2H3,(H,17,19). The lowest BCUT2D eigenvalue weighted by molar-refractivity contribution is 0.0528. The van der Waals surface area contributed by atoms with Gasteiger partial charge in [0.2, 0.25) is 0 Å². The van der Waals surface area contributed by atoms with Gasteiger partial charge in [0, 0.05) is 4.88 Å². The lowest BCUT2D eigenvalue weighted by Gasteiger charge is -2.22. The molecule has 120 valence electrons. The lowest BCUT2D eigenvalue weighted by atomic mass is 9.99. The first kappa shape index (κ1) is 15.9. The SMILES string of the molecule is Cc1sc(-c2ccco2)nc1C(=O)NCC(C)(O)c1ccsc1. The molecule has 0 aliphatic heterocycles. The summed E-state index contributed by atoms with van der Waals surface area (Å²) in [5.74, 6) is 0.342. The van der Waals surface area contributed by atoms with Crippen LogP contribution in [0.25, 0.3) is 10.8 Å². The van der Waals surface area contributed by atoms with Crippen LogP contribution in [0.1, 0.15) is 27.9 Å². The Bertz CT molecular complexity index is 790. The minimum atomic E-state index is -1.11. The fourth-order valence-electron chi connectivity index (χ4n) is 2.12. The van der Waals surface area contributed by atoms with Gasteiger partial charge >= 0.3 is 0 Å². The third-order valence-corrected chi connectivity index (χ3v) is 5.15. The maximum absolute atomic E-state index is 12.4. The van der Waals surface area contributed by atoms with E-state index in [-0.39, 0.29) is 12.5 Å². The van der Waals surface area contributed by atoms with E-state index in [9.17, 15) is 9.90 Å². The van der Waals surface area contributed by atoms with Crippen molar-refractivity contribution in [2.75, 3.05) is 6.54 Å². The van der Waals surface area contributed by atoms with Gasteiger partial charge in [0.05, 0.1) is 12.8 Å². The highest BCUT2D eigenvalue weighted by Gasteiger charge is 2.26. The van der Waals surface area contributed by atoms with E-state index in [1.54, 1.807) is 25.3 Å². The average Bonchev–Trinajstić information content (AvgIpc) is 3.24. The number of aromatic nitrogens is 1. The van der Waals surface area contributed by atoms with Crippen molar-refractivity contribution < 1.29 is 14.3 Å². The number of thiazole rings is 1. The topological polar surface area (TPSA) is 75.4 Å². The summed E-state index contributed by atoms with van der Waals surface area (Å²) in [6.45, 7) is 3.64. The van der Waals surface area contributed by atoms with Crippen molar-refractivity contribution in [3.05, 3.63) is 51.4 Å². The van der Waals surface area contributed by atoms with Crippen molar-refractivity contribution in [2.45, 2.75) is 19.4 Å². The number of nitrogens with one attached hydrogen (secondary N) is 1. The number of hydrogen-bond donors (Lipinski definition) is 2. The average molecular weight is 348 g/mol. The first-order valence-electron chi connectivity index (χ1n) is 7.02. The second-order valence-electron chi connectivity index (χ2n) is 5.37. The van der Waals surface area contributed by atoms with Gasteiger partial charge in [0.25, 0.3) is 5.91 Å². The molecule has 0 radical (unpaired) electrons. The molecule has 0 fully saturated rings. The Hall–Kier alpha value is -1.96. The van der Waals surface area contributed by atoms with Crippen LogP contribution in [0.2, 0.25) is 0 Å². The van der Waals surface area contributed by atoms with Gasteiger partial charge < -0.3 is 14.8 Å². The van der Waals surface area contributed by atoms with E-state index < -0.39 is 5.60 Å². The summed E-state index contributed by atoms with van der Waals surface area (Å²) < 4.78 is 5.31. The van der Waals surface area contributed by atoms with Gasteiger partial charge in [0.1, 0.15) is 11.3 Å². The van der Waals surface area contributed by atoms with Gasteiger partial charge in [-0.05, 0) is 48.4 Å². The Morgan fingerprint density at radius 3 is 2.96 bits per heavy atom. The first-order chi connectivity index (χ1) is 11.0. The zero-order valence-electron chi connectivity index (χ0n) is 12.7. The monoisotopic (exact) mass is 348 g/mol. The number of amides is 1. The van der Waals surface area contributed by atoms with Gasteiger partial charge in [0.15, 0.2) is 10.8 Å². The fourth-order valence-corrected chi connectivity index (χ4v) is 3.78. The maximum Gasteiger partial charge on any atom is 0.271 e. The van der Waals surface area contributed by atoms with Crippen LogP contribution in [0, 0.1) is 6.92 Å². The molecule has 0 spiro atoms. The summed E-state index contributed by atoms with van der Waals surface area (Å²) in [5, 5.41) is 17.6. The molecule has 3 aromatic heterocycles. The van der Waals surface area contributed by atoms with Crippen LogP contribution in [-0.4, -0.2) is 22.5 Å². The molecular formula is C16H16N2O3S2. The van der Waals surface area contributed by atoms with Crippen molar-refractivity contribution in [1.29, 1.82) is 0 Å². The molecule has 1 amide bonds. The van der Waals surface area contributed by atoms with Gasteiger partial charge in [-0.25, -0.2) is 4.98 Å². The highest BCUT2D eigenvalue weighted by atomic mass is 32.1. The number of hydrogen-bond acceptors (Lipinski definition) is 6. The van der Waals surface area contributed by atoms with E-state index in [4.69, 9.17) is 4.42 Å². The molecule has 3 heterocycles. The number of rotatable bonds is 5. The summed E-state index contributed by atoms with van der Waals surface area (Å²) in [7, 11) is 0. The predicted molar refractivity (Wildman–Crippen MR) is 90.8 cm³/mol. The molecule has 1 atom stereocenters. The van der Waals surface area contributed by atoms with E-state index in [0.717, 1.165) is 10.4 Å². The van der Waals surface area contributed by atoms with Crippen molar-refractivity contribution >= 4 is 28.6 Å².